The van der Waals surface area contributed by atoms with Gasteiger partial charge in [0.2, 0.25) is 0 Å². The van der Waals surface area contributed by atoms with E-state index in [0.717, 1.165) is 17.7 Å². The highest BCUT2D eigenvalue weighted by atomic mass is 16.3. The Kier molecular flexibility index (Phi) is 1.83. The summed E-state index contributed by atoms with van der Waals surface area (Å²) in [7, 11) is 0. The van der Waals surface area contributed by atoms with Crippen LogP contribution < -0.4 is 0 Å². The first-order chi connectivity index (χ1) is 6.90. The van der Waals surface area contributed by atoms with Crippen molar-refractivity contribution >= 4 is 0 Å². The van der Waals surface area contributed by atoms with E-state index in [1.807, 2.05) is 0 Å². The van der Waals surface area contributed by atoms with Crippen molar-refractivity contribution in [2.45, 2.75) is 38.3 Å². The molecule has 2 saturated carbocycles. The van der Waals surface area contributed by atoms with Crippen LogP contribution in [0.5, 0.6) is 0 Å². The maximum Gasteiger partial charge on any atom is 0.158 e. The molecule has 1 N–H and O–H groups in total. The normalized spacial score (nSPS) is 21.9. The summed E-state index contributed by atoms with van der Waals surface area (Å²) in [6.07, 6.45) is 7.13. The highest BCUT2D eigenvalue weighted by Gasteiger charge is 2.43. The van der Waals surface area contributed by atoms with Gasteiger partial charge < -0.3 is 9.67 Å². The van der Waals surface area contributed by atoms with Crippen LogP contribution in [-0.2, 0) is 6.61 Å². The van der Waals surface area contributed by atoms with Crippen LogP contribution in [0.4, 0.5) is 0 Å². The number of aliphatic hydroxyl groups excluding tert-OH is 1. The van der Waals surface area contributed by atoms with Gasteiger partial charge in [-0.2, -0.15) is 0 Å². The van der Waals surface area contributed by atoms with E-state index in [1.165, 1.54) is 25.7 Å². The van der Waals surface area contributed by atoms with E-state index in [-0.39, 0.29) is 6.61 Å². The summed E-state index contributed by atoms with van der Waals surface area (Å²) < 4.78 is 2.11. The molecule has 3 rings (SSSR count). The predicted octanol–water partition coefficient (Wildman–Crippen LogP) is 1.13. The molecule has 0 aliphatic heterocycles. The molecule has 0 unspecified atom stereocenters. The lowest BCUT2D eigenvalue weighted by Crippen LogP contribution is -2.15. The third-order valence-corrected chi connectivity index (χ3v) is 3.32. The molecule has 1 aromatic rings. The van der Waals surface area contributed by atoms with Crippen molar-refractivity contribution in [3.63, 3.8) is 0 Å². The van der Waals surface area contributed by atoms with Crippen molar-refractivity contribution in [2.75, 3.05) is 0 Å². The minimum Gasteiger partial charge on any atom is -0.388 e. The summed E-state index contributed by atoms with van der Waals surface area (Å²) in [6, 6.07) is 0.576. The Balaban J connectivity index is 1.89. The number of hydrogen-bond donors (Lipinski definition) is 1. The Bertz CT molecular complexity index is 316. The Labute approximate surface area is 83.0 Å². The minimum atomic E-state index is 0.00986. The lowest BCUT2D eigenvalue weighted by atomic mass is 10.1. The summed E-state index contributed by atoms with van der Waals surface area (Å²) in [5.74, 6) is 2.38. The lowest BCUT2D eigenvalue weighted by molar-refractivity contribution is 0.253. The molecule has 76 valence electrons. The number of aromatic nitrogens is 3. The maximum atomic E-state index is 9.14. The third-order valence-electron chi connectivity index (χ3n) is 3.32. The van der Waals surface area contributed by atoms with E-state index < -0.39 is 0 Å². The van der Waals surface area contributed by atoms with Crippen LogP contribution in [0.2, 0.25) is 0 Å². The van der Waals surface area contributed by atoms with Crippen LogP contribution in [-0.4, -0.2) is 19.9 Å². The molecule has 0 spiro atoms. The van der Waals surface area contributed by atoms with Crippen molar-refractivity contribution in [3.05, 3.63) is 12.2 Å². The van der Waals surface area contributed by atoms with Gasteiger partial charge in [-0.1, -0.05) is 0 Å². The van der Waals surface area contributed by atoms with Crippen LogP contribution >= 0.6 is 0 Å². The molecule has 0 saturated heterocycles. The predicted molar refractivity (Wildman–Crippen MR) is 50.4 cm³/mol. The fraction of sp³-hybridized carbons (Fsp3) is 0.800. The summed E-state index contributed by atoms with van der Waals surface area (Å²) >= 11 is 0. The smallest absolute Gasteiger partial charge is 0.158 e. The van der Waals surface area contributed by atoms with Crippen LogP contribution in [0.15, 0.2) is 6.33 Å². The third kappa shape index (κ3) is 1.34. The second-order valence-corrected chi connectivity index (χ2v) is 4.48. The summed E-state index contributed by atoms with van der Waals surface area (Å²) in [5.41, 5.74) is 0. The zero-order valence-corrected chi connectivity index (χ0v) is 8.13. The average molecular weight is 193 g/mol. The average Bonchev–Trinajstić information content (AvgIpc) is 3.07. The highest BCUT2D eigenvalue weighted by Crippen LogP contribution is 2.52. The Morgan fingerprint density at radius 3 is 2.50 bits per heavy atom. The summed E-state index contributed by atoms with van der Waals surface area (Å²) in [4.78, 5) is 0. The van der Waals surface area contributed by atoms with Gasteiger partial charge in [0.05, 0.1) is 0 Å². The molecule has 0 bridgehead atoms. The molecule has 0 atom stereocenters. The van der Waals surface area contributed by atoms with Gasteiger partial charge in [-0.25, -0.2) is 0 Å². The van der Waals surface area contributed by atoms with Gasteiger partial charge in [0.1, 0.15) is 12.9 Å². The maximum absolute atomic E-state index is 9.14. The summed E-state index contributed by atoms with van der Waals surface area (Å²) in [5, 5.41) is 17.0. The van der Waals surface area contributed by atoms with Gasteiger partial charge in [-0.05, 0) is 37.5 Å². The van der Waals surface area contributed by atoms with E-state index >= 15 is 0 Å². The molecule has 0 aromatic carbocycles. The largest absolute Gasteiger partial charge is 0.388 e. The topological polar surface area (TPSA) is 50.9 Å². The molecule has 0 radical (unpaired) electrons. The first-order valence-corrected chi connectivity index (χ1v) is 5.39. The molecular formula is C10H15N3O. The molecule has 2 aliphatic rings. The van der Waals surface area contributed by atoms with E-state index in [9.17, 15) is 0 Å². The number of hydrogen-bond acceptors (Lipinski definition) is 3. The van der Waals surface area contributed by atoms with Crippen molar-refractivity contribution in [1.82, 2.24) is 14.8 Å². The molecule has 0 amide bonds. The fourth-order valence-corrected chi connectivity index (χ4v) is 2.34. The lowest BCUT2D eigenvalue weighted by Gasteiger charge is -2.18. The van der Waals surface area contributed by atoms with Gasteiger partial charge in [-0.15, -0.1) is 10.2 Å². The number of nitrogens with zero attached hydrogens (tertiary/aromatic N) is 3. The molecule has 4 nitrogen and oxygen atoms in total. The molecule has 2 aliphatic carbocycles. The van der Waals surface area contributed by atoms with Crippen LogP contribution in [0.3, 0.4) is 0 Å². The quantitative estimate of drug-likeness (QED) is 0.780. The van der Waals surface area contributed by atoms with Crippen molar-refractivity contribution < 1.29 is 5.11 Å². The first kappa shape index (κ1) is 8.41. The Hall–Kier alpha value is -0.900. The van der Waals surface area contributed by atoms with E-state index in [1.54, 1.807) is 6.33 Å². The zero-order valence-electron chi connectivity index (χ0n) is 8.13. The van der Waals surface area contributed by atoms with Crippen LogP contribution in [0.25, 0.3) is 0 Å². The minimum absolute atomic E-state index is 0.00986. The molecule has 14 heavy (non-hydrogen) atoms. The second-order valence-electron chi connectivity index (χ2n) is 4.48. The molecule has 1 aromatic heterocycles. The van der Waals surface area contributed by atoms with Crippen LogP contribution in [0.1, 0.15) is 37.5 Å². The molecule has 1 heterocycles. The van der Waals surface area contributed by atoms with E-state index in [2.05, 4.69) is 14.8 Å². The standard InChI is InChI=1S/C10H15N3O/c14-5-9-12-11-6-13(9)10(7-1-2-7)8-3-4-8/h6-8,10,14H,1-5H2. The van der Waals surface area contributed by atoms with E-state index in [4.69, 9.17) is 5.11 Å². The fourth-order valence-electron chi connectivity index (χ4n) is 2.34. The number of aliphatic hydroxyl groups is 1. The molecule has 2 fully saturated rings. The van der Waals surface area contributed by atoms with Gasteiger partial charge >= 0.3 is 0 Å². The summed E-state index contributed by atoms with van der Waals surface area (Å²) in [6.45, 7) is 0.00986. The van der Waals surface area contributed by atoms with Crippen LogP contribution in [0, 0.1) is 11.8 Å². The van der Waals surface area contributed by atoms with E-state index in [0.29, 0.717) is 6.04 Å². The zero-order chi connectivity index (χ0) is 9.54. The Morgan fingerprint density at radius 1 is 1.36 bits per heavy atom. The van der Waals surface area contributed by atoms with Gasteiger partial charge in [0.25, 0.3) is 0 Å². The highest BCUT2D eigenvalue weighted by molar-refractivity contribution is 5.00. The molecule has 4 heteroatoms. The first-order valence-electron chi connectivity index (χ1n) is 5.39. The Morgan fingerprint density at radius 2 is 2.00 bits per heavy atom. The SMILES string of the molecule is OCc1nncn1C(C1CC1)C1CC1. The van der Waals surface area contributed by atoms with Crippen molar-refractivity contribution in [3.8, 4) is 0 Å². The monoisotopic (exact) mass is 193 g/mol. The number of rotatable bonds is 4. The van der Waals surface area contributed by atoms with Gasteiger partial charge in [0, 0.05) is 6.04 Å². The van der Waals surface area contributed by atoms with Crippen molar-refractivity contribution in [1.29, 1.82) is 0 Å². The second kappa shape index (κ2) is 3.05. The van der Waals surface area contributed by atoms with Gasteiger partial charge in [0.15, 0.2) is 5.82 Å². The van der Waals surface area contributed by atoms with Crippen molar-refractivity contribution in [2.24, 2.45) is 11.8 Å². The van der Waals surface area contributed by atoms with Gasteiger partial charge in [-0.3, -0.25) is 0 Å². The molecular weight excluding hydrogens is 178 g/mol.